The van der Waals surface area contributed by atoms with Gasteiger partial charge in [0.25, 0.3) is 0 Å². The van der Waals surface area contributed by atoms with Gasteiger partial charge in [-0.05, 0) is 38.5 Å². The largest absolute Gasteiger partial charge is 0.300 e. The summed E-state index contributed by atoms with van der Waals surface area (Å²) in [4.78, 5) is 23.8. The lowest BCUT2D eigenvalue weighted by Gasteiger charge is -2.23. The molecule has 0 heterocycles. The summed E-state index contributed by atoms with van der Waals surface area (Å²) in [5.41, 5.74) is 0. The molecule has 0 aromatic rings. The zero-order valence-corrected chi connectivity index (χ0v) is 13.2. The number of rotatable bonds is 13. The van der Waals surface area contributed by atoms with Gasteiger partial charge >= 0.3 is 0 Å². The number of hydrogen-bond donors (Lipinski definition) is 0. The Morgan fingerprint density at radius 1 is 1.10 bits per heavy atom. The summed E-state index contributed by atoms with van der Waals surface area (Å²) < 4.78 is 0. The van der Waals surface area contributed by atoms with Crippen molar-refractivity contribution in [1.29, 1.82) is 0 Å². The standard InChI is InChI=1S/C18H30O2/c1-5-8-10-11-12-16(7-3)18(15(4)19)14-17(20)13-9-6-2/h5-6,16,18H,1-2,7-14H2,3-4H3/t16-,18?/m1/s1. The first-order valence-corrected chi connectivity index (χ1v) is 7.80. The Morgan fingerprint density at radius 3 is 2.25 bits per heavy atom. The summed E-state index contributed by atoms with van der Waals surface area (Å²) >= 11 is 0. The molecule has 0 fully saturated rings. The number of Topliss-reactive ketones (excluding diaryl/α,β-unsaturated/α-hetero) is 2. The lowest BCUT2D eigenvalue weighted by Crippen LogP contribution is -2.24. The van der Waals surface area contributed by atoms with Crippen molar-refractivity contribution in [3.63, 3.8) is 0 Å². The van der Waals surface area contributed by atoms with E-state index in [9.17, 15) is 9.59 Å². The smallest absolute Gasteiger partial charge is 0.133 e. The molecule has 114 valence electrons. The molecule has 0 bridgehead atoms. The van der Waals surface area contributed by atoms with Gasteiger partial charge in [-0.1, -0.05) is 31.9 Å². The molecule has 2 heteroatoms. The van der Waals surface area contributed by atoms with Gasteiger partial charge < -0.3 is 0 Å². The highest BCUT2D eigenvalue weighted by Gasteiger charge is 2.26. The molecule has 20 heavy (non-hydrogen) atoms. The Balaban J connectivity index is 4.43. The minimum Gasteiger partial charge on any atom is -0.300 e. The van der Waals surface area contributed by atoms with Gasteiger partial charge in [0, 0.05) is 18.8 Å². The Kier molecular flexibility index (Phi) is 10.9. The van der Waals surface area contributed by atoms with E-state index in [4.69, 9.17) is 0 Å². The van der Waals surface area contributed by atoms with E-state index in [0.717, 1.165) is 32.1 Å². The SMILES string of the molecule is C=CCCCC[C@@H](CC)C(CC(=O)CCC=C)C(C)=O. The topological polar surface area (TPSA) is 34.1 Å². The van der Waals surface area contributed by atoms with Gasteiger partial charge in [0.1, 0.15) is 11.6 Å². The quantitative estimate of drug-likeness (QED) is 0.355. The van der Waals surface area contributed by atoms with Crippen molar-refractivity contribution in [2.45, 2.75) is 65.2 Å². The average molecular weight is 278 g/mol. The highest BCUT2D eigenvalue weighted by atomic mass is 16.1. The first-order valence-electron chi connectivity index (χ1n) is 7.80. The minimum absolute atomic E-state index is 0.0963. The Morgan fingerprint density at radius 2 is 1.75 bits per heavy atom. The van der Waals surface area contributed by atoms with Crippen LogP contribution < -0.4 is 0 Å². The molecule has 0 aliphatic heterocycles. The van der Waals surface area contributed by atoms with Crippen LogP contribution in [0, 0.1) is 11.8 Å². The van der Waals surface area contributed by atoms with Gasteiger partial charge in [0.05, 0.1) is 0 Å². The fraction of sp³-hybridized carbons (Fsp3) is 0.667. The summed E-state index contributed by atoms with van der Waals surface area (Å²) in [5, 5.41) is 0. The molecule has 0 radical (unpaired) electrons. The van der Waals surface area contributed by atoms with Gasteiger partial charge in [-0.2, -0.15) is 0 Å². The van der Waals surface area contributed by atoms with Crippen LogP contribution in [-0.4, -0.2) is 11.6 Å². The molecular formula is C18H30O2. The summed E-state index contributed by atoms with van der Waals surface area (Å²) in [5.74, 6) is 0.591. The molecule has 0 N–H and O–H groups in total. The third-order valence-corrected chi connectivity index (χ3v) is 3.92. The molecular weight excluding hydrogens is 248 g/mol. The molecule has 0 aromatic heterocycles. The number of hydrogen-bond acceptors (Lipinski definition) is 2. The number of unbranched alkanes of at least 4 members (excludes halogenated alkanes) is 2. The highest BCUT2D eigenvalue weighted by molar-refractivity contribution is 5.86. The zero-order chi connectivity index (χ0) is 15.4. The van der Waals surface area contributed by atoms with E-state index in [1.165, 1.54) is 0 Å². The van der Waals surface area contributed by atoms with Crippen LogP contribution in [0.25, 0.3) is 0 Å². The van der Waals surface area contributed by atoms with E-state index in [-0.39, 0.29) is 17.5 Å². The summed E-state index contributed by atoms with van der Waals surface area (Å²) in [7, 11) is 0. The van der Waals surface area contributed by atoms with Crippen LogP contribution >= 0.6 is 0 Å². The first-order chi connectivity index (χ1) is 9.56. The van der Waals surface area contributed by atoms with Crippen LogP contribution in [0.5, 0.6) is 0 Å². The average Bonchev–Trinajstić information content (AvgIpc) is 2.43. The number of allylic oxidation sites excluding steroid dienone is 2. The van der Waals surface area contributed by atoms with E-state index in [0.29, 0.717) is 25.2 Å². The predicted molar refractivity (Wildman–Crippen MR) is 85.7 cm³/mol. The molecule has 0 spiro atoms. The maximum absolute atomic E-state index is 11.9. The molecule has 2 nitrogen and oxygen atoms in total. The second-order valence-electron chi connectivity index (χ2n) is 5.53. The molecule has 0 aromatic carbocycles. The number of carbonyl (C=O) groups is 2. The second-order valence-corrected chi connectivity index (χ2v) is 5.53. The van der Waals surface area contributed by atoms with Gasteiger partial charge in [0.2, 0.25) is 0 Å². The summed E-state index contributed by atoms with van der Waals surface area (Å²) in [6, 6.07) is 0. The summed E-state index contributed by atoms with van der Waals surface area (Å²) in [6.07, 6.45) is 10.6. The lowest BCUT2D eigenvalue weighted by molar-refractivity contribution is -0.128. The summed E-state index contributed by atoms with van der Waals surface area (Å²) in [6.45, 7) is 11.1. The monoisotopic (exact) mass is 278 g/mol. The minimum atomic E-state index is -0.0963. The van der Waals surface area contributed by atoms with Gasteiger partial charge in [-0.15, -0.1) is 13.2 Å². The third kappa shape index (κ3) is 8.08. The lowest BCUT2D eigenvalue weighted by atomic mass is 9.80. The molecule has 0 aliphatic carbocycles. The third-order valence-electron chi connectivity index (χ3n) is 3.92. The van der Waals surface area contributed by atoms with E-state index in [2.05, 4.69) is 20.1 Å². The Bertz CT molecular complexity index is 317. The van der Waals surface area contributed by atoms with Crippen molar-refractivity contribution >= 4 is 11.6 Å². The molecule has 0 amide bonds. The Hall–Kier alpha value is -1.18. The fourth-order valence-electron chi connectivity index (χ4n) is 2.64. The van der Waals surface area contributed by atoms with Crippen molar-refractivity contribution in [3.8, 4) is 0 Å². The van der Waals surface area contributed by atoms with Gasteiger partial charge in [0.15, 0.2) is 0 Å². The van der Waals surface area contributed by atoms with Crippen molar-refractivity contribution in [2.24, 2.45) is 11.8 Å². The van der Waals surface area contributed by atoms with Crippen molar-refractivity contribution < 1.29 is 9.59 Å². The van der Waals surface area contributed by atoms with Crippen LogP contribution in [0.2, 0.25) is 0 Å². The zero-order valence-electron chi connectivity index (χ0n) is 13.2. The van der Waals surface area contributed by atoms with Gasteiger partial charge in [-0.25, -0.2) is 0 Å². The second kappa shape index (κ2) is 11.6. The molecule has 0 rings (SSSR count). The molecule has 0 saturated heterocycles. The van der Waals surface area contributed by atoms with E-state index in [1.54, 1.807) is 13.0 Å². The van der Waals surface area contributed by atoms with Crippen molar-refractivity contribution in [1.82, 2.24) is 0 Å². The normalized spacial score (nSPS) is 13.5. The van der Waals surface area contributed by atoms with Crippen LogP contribution in [-0.2, 0) is 9.59 Å². The first kappa shape index (κ1) is 18.8. The highest BCUT2D eigenvalue weighted by Crippen LogP contribution is 2.27. The number of carbonyl (C=O) groups excluding carboxylic acids is 2. The van der Waals surface area contributed by atoms with E-state index < -0.39 is 0 Å². The predicted octanol–water partition coefficient (Wildman–Crippen LogP) is 4.89. The molecule has 1 unspecified atom stereocenters. The molecule has 0 aliphatic rings. The van der Waals surface area contributed by atoms with Crippen LogP contribution in [0.4, 0.5) is 0 Å². The van der Waals surface area contributed by atoms with Crippen LogP contribution in [0.3, 0.4) is 0 Å². The molecule has 0 saturated carbocycles. The van der Waals surface area contributed by atoms with Crippen LogP contribution in [0.1, 0.15) is 65.2 Å². The van der Waals surface area contributed by atoms with Crippen molar-refractivity contribution in [2.75, 3.05) is 0 Å². The number of ketones is 2. The van der Waals surface area contributed by atoms with Crippen molar-refractivity contribution in [3.05, 3.63) is 25.3 Å². The van der Waals surface area contributed by atoms with Crippen LogP contribution in [0.15, 0.2) is 25.3 Å². The maximum Gasteiger partial charge on any atom is 0.133 e. The maximum atomic E-state index is 11.9. The Labute approximate surface area is 124 Å². The molecule has 2 atom stereocenters. The van der Waals surface area contributed by atoms with E-state index in [1.807, 2.05) is 6.08 Å². The van der Waals surface area contributed by atoms with Gasteiger partial charge in [-0.3, -0.25) is 9.59 Å². The van der Waals surface area contributed by atoms with E-state index >= 15 is 0 Å². The fourth-order valence-corrected chi connectivity index (χ4v) is 2.64.